The molecule has 0 aliphatic heterocycles. The lowest BCUT2D eigenvalue weighted by atomic mass is 10.0. The van der Waals surface area contributed by atoms with Crippen molar-refractivity contribution in [1.29, 1.82) is 0 Å². The van der Waals surface area contributed by atoms with Gasteiger partial charge in [-0.3, -0.25) is 14.4 Å². The minimum atomic E-state index is -0.832. The molecule has 83 heavy (non-hydrogen) atoms. The lowest BCUT2D eigenvalue weighted by Crippen LogP contribution is -2.30. The standard InChI is InChI=1S/C77H122O6/c1-4-7-10-13-16-19-22-25-28-30-31-32-33-34-35-36-37-38-39-40-41-42-43-44-45-47-49-52-55-58-61-64-67-70-76(79)82-73-74(72-81-75(78)69-66-63-60-57-54-51-48-27-24-21-18-15-12-9-6-3)83-77(80)71-68-65-62-59-56-53-50-46-29-26-23-20-17-14-11-8-5-2/h7-12,16-21,25-29,31-32,34-35,37-38,48,54,57,63,66,74H,4-6,13-15,22-24,30,33,36,39-47,49-53,55-56,58-62,64-65,67-73H2,1-3H3/b10-7-,11-8-,12-9-,19-16-,20-17-,21-18-,28-25-,29-26-,32-31-,35-34-,38-37-,48-27-,57-54-,66-63-. The highest BCUT2D eigenvalue weighted by molar-refractivity contribution is 5.72. The van der Waals surface area contributed by atoms with Gasteiger partial charge in [-0.05, 0) is 128 Å². The fourth-order valence-electron chi connectivity index (χ4n) is 8.83. The van der Waals surface area contributed by atoms with Gasteiger partial charge in [0.1, 0.15) is 13.2 Å². The predicted octanol–water partition coefficient (Wildman–Crippen LogP) is 23.4. The number of rotatable bonds is 59. The van der Waals surface area contributed by atoms with E-state index in [1.807, 2.05) is 6.08 Å². The Kier molecular flexibility index (Phi) is 64.9. The SMILES string of the molecule is CC/C=C\C/C=C\C/C=C\C/C=C\C/C=C\C/C=C\CCCCCCCCCCCCCCCCC(=O)OCC(COC(=O)C/C=C\C/C=C\C/C=C\C/C=C\C/C=C\CC)OC(=O)CCCCCCCCC/C=C\C/C=C\C/C=C\CC. The smallest absolute Gasteiger partial charge is 0.309 e. The number of esters is 3. The Balaban J connectivity index is 4.32. The third-order valence-electron chi connectivity index (χ3n) is 13.7. The molecule has 0 radical (unpaired) electrons. The highest BCUT2D eigenvalue weighted by Crippen LogP contribution is 2.16. The summed E-state index contributed by atoms with van der Waals surface area (Å²) in [6, 6.07) is 0. The van der Waals surface area contributed by atoms with Gasteiger partial charge in [0.2, 0.25) is 0 Å². The van der Waals surface area contributed by atoms with Crippen LogP contribution in [-0.4, -0.2) is 37.2 Å². The average Bonchev–Trinajstić information content (AvgIpc) is 3.49. The fraction of sp³-hybridized carbons (Fsp3) is 0.597. The third kappa shape index (κ3) is 67.4. The maximum Gasteiger partial charge on any atom is 0.309 e. The van der Waals surface area contributed by atoms with Gasteiger partial charge in [0.05, 0.1) is 6.42 Å². The van der Waals surface area contributed by atoms with Crippen LogP contribution in [0, 0.1) is 0 Å². The minimum Gasteiger partial charge on any atom is -0.462 e. The normalized spacial score (nSPS) is 13.2. The Morgan fingerprint density at radius 3 is 0.783 bits per heavy atom. The summed E-state index contributed by atoms with van der Waals surface area (Å²) in [5.41, 5.74) is 0. The van der Waals surface area contributed by atoms with Crippen molar-refractivity contribution in [3.05, 3.63) is 170 Å². The van der Waals surface area contributed by atoms with Gasteiger partial charge in [0, 0.05) is 12.8 Å². The van der Waals surface area contributed by atoms with E-state index in [-0.39, 0.29) is 31.6 Å². The Labute approximate surface area is 511 Å². The molecule has 0 amide bonds. The number of allylic oxidation sites excluding steroid dienone is 27. The van der Waals surface area contributed by atoms with Crippen molar-refractivity contribution in [2.24, 2.45) is 0 Å². The zero-order valence-corrected chi connectivity index (χ0v) is 53.4. The molecule has 466 valence electrons. The monoisotopic (exact) mass is 1140 g/mol. The van der Waals surface area contributed by atoms with E-state index < -0.39 is 12.1 Å². The number of ether oxygens (including phenoxy) is 3. The van der Waals surface area contributed by atoms with Gasteiger partial charge in [-0.2, -0.15) is 0 Å². The molecule has 0 spiro atoms. The van der Waals surface area contributed by atoms with Crippen LogP contribution in [0.2, 0.25) is 0 Å². The van der Waals surface area contributed by atoms with Crippen molar-refractivity contribution in [1.82, 2.24) is 0 Å². The lowest BCUT2D eigenvalue weighted by Gasteiger charge is -2.18. The summed E-state index contributed by atoms with van der Waals surface area (Å²) >= 11 is 0. The first-order valence-corrected chi connectivity index (χ1v) is 33.6. The van der Waals surface area contributed by atoms with Crippen LogP contribution in [0.1, 0.15) is 278 Å². The predicted molar refractivity (Wildman–Crippen MR) is 361 cm³/mol. The van der Waals surface area contributed by atoms with Gasteiger partial charge in [-0.25, -0.2) is 0 Å². The number of carbonyl (C=O) groups is 3. The van der Waals surface area contributed by atoms with Gasteiger partial charge < -0.3 is 14.2 Å². The minimum absolute atomic E-state index is 0.118. The summed E-state index contributed by atoms with van der Waals surface area (Å²) in [5, 5.41) is 0. The van der Waals surface area contributed by atoms with Crippen molar-refractivity contribution < 1.29 is 28.6 Å². The molecule has 0 saturated heterocycles. The van der Waals surface area contributed by atoms with Crippen molar-refractivity contribution in [3.8, 4) is 0 Å². The maximum atomic E-state index is 12.9. The molecule has 0 aromatic carbocycles. The van der Waals surface area contributed by atoms with Gasteiger partial charge in [0.15, 0.2) is 6.10 Å². The Hall–Kier alpha value is -5.23. The quantitative estimate of drug-likeness (QED) is 0.0261. The van der Waals surface area contributed by atoms with Gasteiger partial charge in [0.25, 0.3) is 0 Å². The van der Waals surface area contributed by atoms with Crippen LogP contribution in [0.4, 0.5) is 0 Å². The molecule has 1 unspecified atom stereocenters. The van der Waals surface area contributed by atoms with Crippen LogP contribution in [-0.2, 0) is 28.6 Å². The first-order valence-electron chi connectivity index (χ1n) is 33.6. The van der Waals surface area contributed by atoms with Gasteiger partial charge >= 0.3 is 17.9 Å². The molecule has 0 bridgehead atoms. The molecule has 0 rings (SSSR count). The molecule has 0 saturated carbocycles. The van der Waals surface area contributed by atoms with E-state index >= 15 is 0 Å². The molecule has 0 aromatic rings. The largest absolute Gasteiger partial charge is 0.462 e. The topological polar surface area (TPSA) is 78.9 Å². The Morgan fingerprint density at radius 2 is 0.482 bits per heavy atom. The summed E-state index contributed by atoms with van der Waals surface area (Å²) in [7, 11) is 0. The number of carbonyl (C=O) groups excluding carboxylic acids is 3. The van der Waals surface area contributed by atoms with Crippen molar-refractivity contribution >= 4 is 17.9 Å². The molecular formula is C77H122O6. The van der Waals surface area contributed by atoms with Gasteiger partial charge in [-0.15, -0.1) is 0 Å². The first-order chi connectivity index (χ1) is 41.0. The van der Waals surface area contributed by atoms with E-state index in [4.69, 9.17) is 14.2 Å². The highest BCUT2D eigenvalue weighted by atomic mass is 16.6. The summed E-state index contributed by atoms with van der Waals surface area (Å²) in [6.45, 7) is 6.21. The van der Waals surface area contributed by atoms with Crippen LogP contribution in [0.25, 0.3) is 0 Å². The number of hydrogen-bond donors (Lipinski definition) is 0. The maximum absolute atomic E-state index is 12.9. The summed E-state index contributed by atoms with van der Waals surface area (Å²) in [4.78, 5) is 38.3. The number of hydrogen-bond acceptors (Lipinski definition) is 6. The molecule has 0 N–H and O–H groups in total. The molecule has 1 atom stereocenters. The Bertz CT molecular complexity index is 1890. The van der Waals surface area contributed by atoms with Gasteiger partial charge in [-0.1, -0.05) is 300 Å². The summed E-state index contributed by atoms with van der Waals surface area (Å²) in [6.07, 6.45) is 103. The fourth-order valence-corrected chi connectivity index (χ4v) is 8.83. The van der Waals surface area contributed by atoms with Crippen molar-refractivity contribution in [2.75, 3.05) is 13.2 Å². The van der Waals surface area contributed by atoms with Crippen LogP contribution in [0.5, 0.6) is 0 Å². The second kappa shape index (κ2) is 69.3. The molecule has 0 aliphatic rings. The zero-order chi connectivity index (χ0) is 59.9. The molecule has 0 aliphatic carbocycles. The van der Waals surface area contributed by atoms with Crippen molar-refractivity contribution in [3.63, 3.8) is 0 Å². The first kappa shape index (κ1) is 77.8. The van der Waals surface area contributed by atoms with E-state index in [9.17, 15) is 14.4 Å². The molecule has 0 heterocycles. The average molecular weight is 1140 g/mol. The van der Waals surface area contributed by atoms with Crippen LogP contribution < -0.4 is 0 Å². The van der Waals surface area contributed by atoms with Crippen LogP contribution >= 0.6 is 0 Å². The Morgan fingerprint density at radius 1 is 0.253 bits per heavy atom. The molecule has 6 nitrogen and oxygen atoms in total. The van der Waals surface area contributed by atoms with Crippen molar-refractivity contribution in [2.45, 2.75) is 284 Å². The lowest BCUT2D eigenvalue weighted by molar-refractivity contribution is -0.166. The van der Waals surface area contributed by atoms with E-state index in [0.29, 0.717) is 12.8 Å². The zero-order valence-electron chi connectivity index (χ0n) is 53.4. The van der Waals surface area contributed by atoms with E-state index in [1.54, 1.807) is 6.08 Å². The van der Waals surface area contributed by atoms with E-state index in [2.05, 4.69) is 179 Å². The number of unbranched alkanes of at least 4 members (excludes halogenated alkanes) is 21. The third-order valence-corrected chi connectivity index (χ3v) is 13.7. The molecule has 0 aromatic heterocycles. The summed E-state index contributed by atoms with van der Waals surface area (Å²) < 4.78 is 16.8. The summed E-state index contributed by atoms with van der Waals surface area (Å²) in [5.74, 6) is -1.06. The second-order valence-electron chi connectivity index (χ2n) is 21.6. The van der Waals surface area contributed by atoms with E-state index in [1.165, 1.54) is 96.3 Å². The van der Waals surface area contributed by atoms with Crippen LogP contribution in [0.15, 0.2) is 170 Å². The van der Waals surface area contributed by atoms with Crippen LogP contribution in [0.3, 0.4) is 0 Å². The van der Waals surface area contributed by atoms with E-state index in [0.717, 1.165) is 141 Å². The molecule has 0 fully saturated rings. The highest BCUT2D eigenvalue weighted by Gasteiger charge is 2.19. The molecule has 6 heteroatoms. The second-order valence-corrected chi connectivity index (χ2v) is 21.6. The molecular weight excluding hydrogens is 1020 g/mol.